The van der Waals surface area contributed by atoms with Crippen molar-refractivity contribution >= 4 is 0 Å². The molecule has 0 saturated heterocycles. The van der Waals surface area contributed by atoms with Crippen LogP contribution in [0.2, 0.25) is 0 Å². The standard InChI is InChI=1S/C9H11NO/c1-2-3-6-10-7-4-5-9(10)8-11/h4-5,7,11H,6,8H2,1H3. The molecule has 0 aliphatic heterocycles. The molecule has 58 valence electrons. The number of aromatic nitrogens is 1. The van der Waals surface area contributed by atoms with Crippen LogP contribution in [0.5, 0.6) is 0 Å². The minimum Gasteiger partial charge on any atom is -0.390 e. The highest BCUT2D eigenvalue weighted by Crippen LogP contribution is 2.00. The number of rotatable bonds is 2. The third kappa shape index (κ3) is 1.86. The third-order valence-electron chi connectivity index (χ3n) is 1.51. The predicted molar refractivity (Wildman–Crippen MR) is 43.8 cm³/mol. The quantitative estimate of drug-likeness (QED) is 0.623. The molecule has 11 heavy (non-hydrogen) atoms. The summed E-state index contributed by atoms with van der Waals surface area (Å²) in [6.45, 7) is 2.56. The Balaban J connectivity index is 2.73. The normalized spacial score (nSPS) is 8.91. The molecule has 1 rings (SSSR count). The second-order valence-corrected chi connectivity index (χ2v) is 2.21. The molecule has 0 aliphatic rings. The van der Waals surface area contributed by atoms with Gasteiger partial charge in [-0.1, -0.05) is 5.92 Å². The number of aliphatic hydroxyl groups excluding tert-OH is 1. The topological polar surface area (TPSA) is 25.2 Å². The average molecular weight is 149 g/mol. The second-order valence-electron chi connectivity index (χ2n) is 2.21. The summed E-state index contributed by atoms with van der Waals surface area (Å²) in [5, 5.41) is 8.84. The lowest BCUT2D eigenvalue weighted by molar-refractivity contribution is 0.272. The summed E-state index contributed by atoms with van der Waals surface area (Å²) in [7, 11) is 0. The van der Waals surface area contributed by atoms with Crippen molar-refractivity contribution in [3.8, 4) is 11.8 Å². The van der Waals surface area contributed by atoms with Crippen molar-refractivity contribution in [2.45, 2.75) is 20.1 Å². The number of hydrogen-bond donors (Lipinski definition) is 1. The molecular weight excluding hydrogens is 138 g/mol. The van der Waals surface area contributed by atoms with Crippen LogP contribution in [0.15, 0.2) is 18.3 Å². The molecule has 0 amide bonds. The average Bonchev–Trinajstić information content (AvgIpc) is 2.47. The van der Waals surface area contributed by atoms with E-state index in [0.717, 1.165) is 5.69 Å². The molecule has 0 unspecified atom stereocenters. The molecule has 0 aromatic carbocycles. The van der Waals surface area contributed by atoms with Crippen molar-refractivity contribution in [2.24, 2.45) is 0 Å². The number of hydrogen-bond acceptors (Lipinski definition) is 1. The zero-order valence-corrected chi connectivity index (χ0v) is 6.54. The summed E-state index contributed by atoms with van der Waals surface area (Å²) in [4.78, 5) is 0. The van der Waals surface area contributed by atoms with E-state index in [1.54, 1.807) is 0 Å². The minimum absolute atomic E-state index is 0.0817. The Kier molecular flexibility index (Phi) is 2.76. The van der Waals surface area contributed by atoms with Gasteiger partial charge in [0.1, 0.15) is 0 Å². The van der Waals surface area contributed by atoms with Crippen molar-refractivity contribution in [1.29, 1.82) is 0 Å². The molecule has 0 saturated carbocycles. The molecule has 1 N–H and O–H groups in total. The molecule has 0 atom stereocenters. The summed E-state index contributed by atoms with van der Waals surface area (Å²) in [6.07, 6.45) is 1.91. The van der Waals surface area contributed by atoms with Gasteiger partial charge >= 0.3 is 0 Å². The molecule has 0 fully saturated rings. The van der Waals surface area contributed by atoms with Crippen LogP contribution in [-0.4, -0.2) is 9.67 Å². The Bertz CT molecular complexity index is 277. The van der Waals surface area contributed by atoms with Gasteiger partial charge in [-0.2, -0.15) is 0 Å². The fraction of sp³-hybridized carbons (Fsp3) is 0.333. The Labute approximate surface area is 66.5 Å². The molecule has 1 heterocycles. The Morgan fingerprint density at radius 2 is 2.45 bits per heavy atom. The van der Waals surface area contributed by atoms with Gasteiger partial charge in [0.2, 0.25) is 0 Å². The van der Waals surface area contributed by atoms with Gasteiger partial charge in [-0.25, -0.2) is 0 Å². The highest BCUT2D eigenvalue weighted by Gasteiger charge is 1.94. The summed E-state index contributed by atoms with van der Waals surface area (Å²) in [6, 6.07) is 3.79. The molecule has 0 bridgehead atoms. The fourth-order valence-corrected chi connectivity index (χ4v) is 0.911. The van der Waals surface area contributed by atoms with E-state index >= 15 is 0 Å². The van der Waals surface area contributed by atoms with E-state index in [2.05, 4.69) is 11.8 Å². The van der Waals surface area contributed by atoms with E-state index in [1.165, 1.54) is 0 Å². The van der Waals surface area contributed by atoms with Crippen LogP contribution in [0.4, 0.5) is 0 Å². The van der Waals surface area contributed by atoms with Crippen LogP contribution >= 0.6 is 0 Å². The van der Waals surface area contributed by atoms with E-state index in [9.17, 15) is 0 Å². The Hall–Kier alpha value is -1.20. The molecule has 1 aromatic rings. The van der Waals surface area contributed by atoms with Gasteiger partial charge in [-0.3, -0.25) is 0 Å². The maximum absolute atomic E-state index is 8.84. The predicted octanol–water partition coefficient (Wildman–Crippen LogP) is 1.00. The van der Waals surface area contributed by atoms with Crippen molar-refractivity contribution < 1.29 is 5.11 Å². The van der Waals surface area contributed by atoms with Crippen LogP contribution in [0, 0.1) is 11.8 Å². The van der Waals surface area contributed by atoms with Crippen LogP contribution in [0.3, 0.4) is 0 Å². The molecule has 0 aliphatic carbocycles. The van der Waals surface area contributed by atoms with Gasteiger partial charge in [0.15, 0.2) is 0 Å². The van der Waals surface area contributed by atoms with E-state index < -0.39 is 0 Å². The summed E-state index contributed by atoms with van der Waals surface area (Å²) >= 11 is 0. The van der Waals surface area contributed by atoms with Gasteiger partial charge in [0, 0.05) is 11.9 Å². The second kappa shape index (κ2) is 3.85. The molecule has 0 radical (unpaired) electrons. The highest BCUT2D eigenvalue weighted by atomic mass is 16.3. The first-order chi connectivity index (χ1) is 5.38. The number of nitrogens with zero attached hydrogens (tertiary/aromatic N) is 1. The maximum Gasteiger partial charge on any atom is 0.0835 e. The van der Waals surface area contributed by atoms with E-state index in [0.29, 0.717) is 6.54 Å². The van der Waals surface area contributed by atoms with Crippen LogP contribution in [0.25, 0.3) is 0 Å². The van der Waals surface area contributed by atoms with Crippen molar-refractivity contribution in [2.75, 3.05) is 0 Å². The lowest BCUT2D eigenvalue weighted by Crippen LogP contribution is -1.99. The lowest BCUT2D eigenvalue weighted by Gasteiger charge is -2.00. The fourth-order valence-electron chi connectivity index (χ4n) is 0.911. The van der Waals surface area contributed by atoms with E-state index in [1.807, 2.05) is 29.8 Å². The smallest absolute Gasteiger partial charge is 0.0835 e. The van der Waals surface area contributed by atoms with Gasteiger partial charge < -0.3 is 9.67 Å². The molecular formula is C9H11NO. The van der Waals surface area contributed by atoms with Gasteiger partial charge in [0.05, 0.1) is 13.2 Å². The Morgan fingerprint density at radius 3 is 3.09 bits per heavy atom. The highest BCUT2D eigenvalue weighted by molar-refractivity contribution is 5.08. The molecule has 2 nitrogen and oxygen atoms in total. The van der Waals surface area contributed by atoms with Crippen molar-refractivity contribution in [3.63, 3.8) is 0 Å². The van der Waals surface area contributed by atoms with Crippen molar-refractivity contribution in [1.82, 2.24) is 4.57 Å². The zero-order chi connectivity index (χ0) is 8.10. The molecule has 2 heteroatoms. The van der Waals surface area contributed by atoms with Gasteiger partial charge in [-0.05, 0) is 19.1 Å². The summed E-state index contributed by atoms with van der Waals surface area (Å²) < 4.78 is 1.93. The van der Waals surface area contributed by atoms with Crippen LogP contribution in [-0.2, 0) is 13.2 Å². The molecule has 1 aromatic heterocycles. The lowest BCUT2D eigenvalue weighted by atomic mass is 10.4. The van der Waals surface area contributed by atoms with E-state index in [-0.39, 0.29) is 6.61 Å². The zero-order valence-electron chi connectivity index (χ0n) is 6.54. The Morgan fingerprint density at radius 1 is 1.64 bits per heavy atom. The first-order valence-electron chi connectivity index (χ1n) is 3.53. The summed E-state index contributed by atoms with van der Waals surface area (Å²) in [5.74, 6) is 5.73. The monoisotopic (exact) mass is 149 g/mol. The van der Waals surface area contributed by atoms with Crippen LogP contribution in [0.1, 0.15) is 12.6 Å². The largest absolute Gasteiger partial charge is 0.390 e. The minimum atomic E-state index is 0.0817. The van der Waals surface area contributed by atoms with Crippen molar-refractivity contribution in [3.05, 3.63) is 24.0 Å². The summed E-state index contributed by atoms with van der Waals surface area (Å²) in [5.41, 5.74) is 0.910. The van der Waals surface area contributed by atoms with E-state index in [4.69, 9.17) is 5.11 Å². The first-order valence-corrected chi connectivity index (χ1v) is 3.53. The maximum atomic E-state index is 8.84. The van der Waals surface area contributed by atoms with Gasteiger partial charge in [-0.15, -0.1) is 5.92 Å². The SMILES string of the molecule is CC#CCn1cccc1CO. The van der Waals surface area contributed by atoms with Gasteiger partial charge in [0.25, 0.3) is 0 Å². The third-order valence-corrected chi connectivity index (χ3v) is 1.51. The molecule has 0 spiro atoms. The van der Waals surface area contributed by atoms with Crippen LogP contribution < -0.4 is 0 Å². The first kappa shape index (κ1) is 7.90. The number of aliphatic hydroxyl groups is 1.